The van der Waals surface area contributed by atoms with E-state index in [1.54, 1.807) is 25.4 Å². The fourth-order valence-electron chi connectivity index (χ4n) is 4.62. The lowest BCUT2D eigenvalue weighted by molar-refractivity contribution is -0.134. The van der Waals surface area contributed by atoms with E-state index in [1.807, 2.05) is 0 Å². The predicted molar refractivity (Wildman–Crippen MR) is 135 cm³/mol. The Hall–Kier alpha value is -4.75. The summed E-state index contributed by atoms with van der Waals surface area (Å²) >= 11 is 0. The number of alkyl halides is 3. The highest BCUT2D eigenvalue weighted by molar-refractivity contribution is 6.06. The number of carbonyl (C=O) groups excluding carboxylic acids is 2. The van der Waals surface area contributed by atoms with E-state index >= 15 is 0 Å². The van der Waals surface area contributed by atoms with Gasteiger partial charge in [-0.05, 0) is 37.1 Å². The minimum absolute atomic E-state index is 0.0146. The number of ether oxygens (including phenoxy) is 1. The average molecular weight is 558 g/mol. The maximum atomic E-state index is 14.5. The van der Waals surface area contributed by atoms with E-state index in [1.165, 1.54) is 47.1 Å². The summed E-state index contributed by atoms with van der Waals surface area (Å²) in [7, 11) is 3.11. The zero-order valence-electron chi connectivity index (χ0n) is 21.3. The summed E-state index contributed by atoms with van der Waals surface area (Å²) in [5.41, 5.74) is 1.44. The van der Waals surface area contributed by atoms with Crippen LogP contribution in [0.15, 0.2) is 55.0 Å². The molecule has 0 bridgehead atoms. The molecule has 0 saturated heterocycles. The number of carbonyl (C=O) groups is 2. The van der Waals surface area contributed by atoms with E-state index in [9.17, 15) is 27.2 Å². The lowest BCUT2D eigenvalue weighted by atomic mass is 10.1. The lowest BCUT2D eigenvalue weighted by Gasteiger charge is -2.26. The molecule has 0 radical (unpaired) electrons. The van der Waals surface area contributed by atoms with Crippen molar-refractivity contribution in [2.45, 2.75) is 25.1 Å². The number of aromatic nitrogens is 5. The number of methoxy groups -OCH3 is 1. The zero-order chi connectivity index (χ0) is 28.6. The molecule has 1 aliphatic heterocycles. The molecular weight excluding hydrogens is 534 g/mol. The molecule has 0 spiro atoms. The van der Waals surface area contributed by atoms with Crippen LogP contribution in [0.25, 0.3) is 11.3 Å². The Morgan fingerprint density at radius 3 is 2.70 bits per heavy atom. The molecule has 0 fully saturated rings. The maximum absolute atomic E-state index is 14.5. The van der Waals surface area contributed by atoms with Gasteiger partial charge in [0.2, 0.25) is 0 Å². The van der Waals surface area contributed by atoms with Gasteiger partial charge in [-0.1, -0.05) is 17.3 Å². The number of anilines is 2. The monoisotopic (exact) mass is 557 g/mol. The zero-order valence-corrected chi connectivity index (χ0v) is 21.3. The second-order valence-corrected chi connectivity index (χ2v) is 9.19. The van der Waals surface area contributed by atoms with Crippen LogP contribution in [-0.2, 0) is 18.3 Å². The van der Waals surface area contributed by atoms with Gasteiger partial charge in [0.05, 0.1) is 36.4 Å². The van der Waals surface area contributed by atoms with Crippen molar-refractivity contribution in [3.8, 4) is 17.0 Å². The van der Waals surface area contributed by atoms with Crippen LogP contribution in [0.3, 0.4) is 0 Å². The molecule has 40 heavy (non-hydrogen) atoms. The van der Waals surface area contributed by atoms with Gasteiger partial charge in [-0.2, -0.15) is 18.3 Å². The maximum Gasteiger partial charge on any atom is 0.406 e. The minimum Gasteiger partial charge on any atom is -0.496 e. The van der Waals surface area contributed by atoms with Gasteiger partial charge < -0.3 is 15.0 Å². The van der Waals surface area contributed by atoms with Gasteiger partial charge in [0.15, 0.2) is 0 Å². The standard InChI is InChI=1S/C26H23F4N7O3/c1-35-12-16(11-31-35)32-24(38)18-7-6-15(10-23(18)40-2)20-13-37(34-33-20)22-9-8-17-19(27)4-3-5-21(17)36(25(22)39)14-26(28,29)30/h3-7,10-13,22H,8-9,14H2,1-2H3,(H,32,38). The molecule has 4 aromatic rings. The van der Waals surface area contributed by atoms with E-state index in [0.717, 1.165) is 6.07 Å². The van der Waals surface area contributed by atoms with Crippen LogP contribution >= 0.6 is 0 Å². The first-order chi connectivity index (χ1) is 19.0. The highest BCUT2D eigenvalue weighted by Gasteiger charge is 2.40. The van der Waals surface area contributed by atoms with Gasteiger partial charge in [0.1, 0.15) is 29.8 Å². The van der Waals surface area contributed by atoms with Crippen LogP contribution in [0, 0.1) is 5.82 Å². The Morgan fingerprint density at radius 2 is 2.00 bits per heavy atom. The number of hydrogen-bond acceptors (Lipinski definition) is 6. The van der Waals surface area contributed by atoms with Crippen molar-refractivity contribution in [3.05, 3.63) is 71.9 Å². The first kappa shape index (κ1) is 26.8. The molecular formula is C26H23F4N7O3. The smallest absolute Gasteiger partial charge is 0.406 e. The number of amides is 2. The van der Waals surface area contributed by atoms with Gasteiger partial charge in [-0.15, -0.1) is 5.10 Å². The molecule has 2 aromatic heterocycles. The number of fused-ring (bicyclic) bond motifs is 1. The van der Waals surface area contributed by atoms with Crippen molar-refractivity contribution >= 4 is 23.2 Å². The van der Waals surface area contributed by atoms with Crippen molar-refractivity contribution in [2.24, 2.45) is 7.05 Å². The number of nitrogens with one attached hydrogen (secondary N) is 1. The first-order valence-corrected chi connectivity index (χ1v) is 12.1. The van der Waals surface area contributed by atoms with E-state index in [2.05, 4.69) is 20.7 Å². The molecule has 2 amide bonds. The third-order valence-corrected chi connectivity index (χ3v) is 6.48. The van der Waals surface area contributed by atoms with E-state index < -0.39 is 36.4 Å². The highest BCUT2D eigenvalue weighted by Crippen LogP contribution is 2.35. The van der Waals surface area contributed by atoms with Crippen LogP contribution in [-0.4, -0.2) is 56.4 Å². The number of rotatable bonds is 6. The van der Waals surface area contributed by atoms with E-state index in [4.69, 9.17) is 4.74 Å². The summed E-state index contributed by atoms with van der Waals surface area (Å²) < 4.78 is 62.9. The molecule has 0 saturated carbocycles. The molecule has 1 atom stereocenters. The second-order valence-electron chi connectivity index (χ2n) is 9.19. The predicted octanol–water partition coefficient (Wildman–Crippen LogP) is 4.16. The summed E-state index contributed by atoms with van der Waals surface area (Å²) in [4.78, 5) is 26.7. The fourth-order valence-corrected chi connectivity index (χ4v) is 4.62. The quantitative estimate of drug-likeness (QED) is 0.357. The molecule has 1 N–H and O–H groups in total. The van der Waals surface area contributed by atoms with Crippen molar-refractivity contribution in [1.82, 2.24) is 24.8 Å². The normalized spacial score (nSPS) is 15.5. The molecule has 1 unspecified atom stereocenters. The molecule has 5 rings (SSSR count). The summed E-state index contributed by atoms with van der Waals surface area (Å²) in [6.45, 7) is -1.57. The van der Waals surface area contributed by atoms with E-state index in [0.29, 0.717) is 21.8 Å². The number of halogens is 4. The van der Waals surface area contributed by atoms with Crippen molar-refractivity contribution in [3.63, 3.8) is 0 Å². The minimum atomic E-state index is -4.71. The summed E-state index contributed by atoms with van der Waals surface area (Å²) in [6, 6.07) is 7.26. The molecule has 14 heteroatoms. The number of nitrogens with zero attached hydrogens (tertiary/aromatic N) is 6. The third-order valence-electron chi connectivity index (χ3n) is 6.48. The highest BCUT2D eigenvalue weighted by atomic mass is 19.4. The summed E-state index contributed by atoms with van der Waals surface area (Å²) in [5.74, 6) is -1.75. The fraction of sp³-hybridized carbons (Fsp3) is 0.269. The molecule has 208 valence electrons. The molecule has 10 nitrogen and oxygen atoms in total. The summed E-state index contributed by atoms with van der Waals surface area (Å²) in [5, 5.41) is 14.8. The van der Waals surface area contributed by atoms with Crippen molar-refractivity contribution < 1.29 is 31.9 Å². The lowest BCUT2D eigenvalue weighted by Crippen LogP contribution is -2.42. The Bertz CT molecular complexity index is 1580. The van der Waals surface area contributed by atoms with Crippen LogP contribution in [0.1, 0.15) is 28.4 Å². The van der Waals surface area contributed by atoms with Crippen molar-refractivity contribution in [2.75, 3.05) is 23.9 Å². The molecule has 2 aromatic carbocycles. The van der Waals surface area contributed by atoms with Gasteiger partial charge in [0.25, 0.3) is 11.8 Å². The van der Waals surface area contributed by atoms with Gasteiger partial charge in [-0.25, -0.2) is 9.07 Å². The van der Waals surface area contributed by atoms with Crippen LogP contribution in [0.5, 0.6) is 5.75 Å². The molecule has 0 aliphatic carbocycles. The van der Waals surface area contributed by atoms with Gasteiger partial charge in [0, 0.05) is 24.4 Å². The van der Waals surface area contributed by atoms with Gasteiger partial charge >= 0.3 is 6.18 Å². The Labute approximate surface area is 225 Å². The topological polar surface area (TPSA) is 107 Å². The number of benzene rings is 2. The van der Waals surface area contributed by atoms with Crippen LogP contribution in [0.2, 0.25) is 0 Å². The number of aryl methyl sites for hydroxylation is 1. The number of hydrogen-bond donors (Lipinski definition) is 1. The second kappa shape index (κ2) is 10.4. The third kappa shape index (κ3) is 5.37. The van der Waals surface area contributed by atoms with Crippen molar-refractivity contribution in [1.29, 1.82) is 0 Å². The SMILES string of the molecule is COc1cc(-c2cn(C3CCc4c(F)cccc4N(CC(F)(F)F)C3=O)nn2)ccc1C(=O)Nc1cnn(C)c1. The average Bonchev–Trinajstić information content (AvgIpc) is 3.53. The first-order valence-electron chi connectivity index (χ1n) is 12.1. The largest absolute Gasteiger partial charge is 0.496 e. The van der Waals surface area contributed by atoms with Crippen LogP contribution in [0.4, 0.5) is 28.9 Å². The van der Waals surface area contributed by atoms with Crippen LogP contribution < -0.4 is 15.0 Å². The Morgan fingerprint density at radius 1 is 1.20 bits per heavy atom. The Kier molecular flexibility index (Phi) is 7.00. The van der Waals surface area contributed by atoms with Gasteiger partial charge in [-0.3, -0.25) is 14.3 Å². The molecule has 3 heterocycles. The Balaban J connectivity index is 1.42. The van der Waals surface area contributed by atoms with E-state index in [-0.39, 0.29) is 35.4 Å². The molecule has 1 aliphatic rings. The summed E-state index contributed by atoms with van der Waals surface area (Å²) in [6.07, 6.45) is -0.117.